The van der Waals surface area contributed by atoms with E-state index in [2.05, 4.69) is 16.0 Å². The molecule has 19 heavy (non-hydrogen) atoms. The summed E-state index contributed by atoms with van der Waals surface area (Å²) < 4.78 is 0. The van der Waals surface area contributed by atoms with Crippen molar-refractivity contribution in [1.82, 2.24) is 16.0 Å². The van der Waals surface area contributed by atoms with Crippen LogP contribution in [0.15, 0.2) is 11.9 Å². The standard InChI is InChI=1S/C13H22N4O2/c1-15-8-10(11(14)13(19)16-2)17-12(18)9-6-4-3-5-7-9/h8-9,14-15H,3-7H2,1-2H3,(H,16,19)(H,17,18)/b10-8+,14-11?. The maximum atomic E-state index is 12.1. The van der Waals surface area contributed by atoms with Gasteiger partial charge >= 0.3 is 0 Å². The van der Waals surface area contributed by atoms with Crippen LogP contribution in [-0.2, 0) is 9.59 Å². The van der Waals surface area contributed by atoms with E-state index in [4.69, 9.17) is 5.41 Å². The molecule has 0 unspecified atom stereocenters. The van der Waals surface area contributed by atoms with Gasteiger partial charge in [-0.2, -0.15) is 0 Å². The first-order chi connectivity index (χ1) is 9.10. The average molecular weight is 266 g/mol. The Bertz CT molecular complexity index is 384. The van der Waals surface area contributed by atoms with Crippen LogP contribution in [0.3, 0.4) is 0 Å². The second-order valence-electron chi connectivity index (χ2n) is 4.62. The highest BCUT2D eigenvalue weighted by molar-refractivity contribution is 6.44. The number of hydrogen-bond acceptors (Lipinski definition) is 4. The highest BCUT2D eigenvalue weighted by atomic mass is 16.2. The lowest BCUT2D eigenvalue weighted by molar-refractivity contribution is -0.125. The van der Waals surface area contributed by atoms with E-state index in [1.807, 2.05) is 0 Å². The molecule has 4 N–H and O–H groups in total. The molecule has 6 heteroatoms. The smallest absolute Gasteiger partial charge is 0.271 e. The van der Waals surface area contributed by atoms with Gasteiger partial charge in [0.2, 0.25) is 5.91 Å². The molecular formula is C13H22N4O2. The fourth-order valence-corrected chi connectivity index (χ4v) is 2.16. The second kappa shape index (κ2) is 7.56. The van der Waals surface area contributed by atoms with Crippen LogP contribution < -0.4 is 16.0 Å². The number of amides is 2. The second-order valence-corrected chi connectivity index (χ2v) is 4.62. The number of carbonyl (C=O) groups is 2. The molecule has 0 aromatic carbocycles. The Morgan fingerprint density at radius 2 is 1.79 bits per heavy atom. The molecule has 0 aromatic rings. The summed E-state index contributed by atoms with van der Waals surface area (Å²) in [6.07, 6.45) is 6.53. The van der Waals surface area contributed by atoms with Crippen LogP contribution in [0, 0.1) is 11.3 Å². The van der Waals surface area contributed by atoms with E-state index in [0.717, 1.165) is 25.7 Å². The summed E-state index contributed by atoms with van der Waals surface area (Å²) >= 11 is 0. The summed E-state index contributed by atoms with van der Waals surface area (Å²) in [5.74, 6) is -0.633. The van der Waals surface area contributed by atoms with Crippen LogP contribution in [-0.4, -0.2) is 31.6 Å². The molecule has 0 bridgehead atoms. The minimum Gasteiger partial charge on any atom is -0.392 e. The minimum atomic E-state index is -0.523. The lowest BCUT2D eigenvalue weighted by Gasteiger charge is -2.21. The van der Waals surface area contributed by atoms with Crippen molar-refractivity contribution in [3.63, 3.8) is 0 Å². The first kappa shape index (κ1) is 15.2. The van der Waals surface area contributed by atoms with Crippen LogP contribution in [0.4, 0.5) is 0 Å². The lowest BCUT2D eigenvalue weighted by atomic mass is 9.88. The molecule has 1 saturated carbocycles. The van der Waals surface area contributed by atoms with Gasteiger partial charge in [-0.05, 0) is 12.8 Å². The summed E-state index contributed by atoms with van der Waals surface area (Å²) in [4.78, 5) is 23.5. The first-order valence-electron chi connectivity index (χ1n) is 6.59. The molecule has 1 fully saturated rings. The Hall–Kier alpha value is -1.85. The van der Waals surface area contributed by atoms with Gasteiger partial charge in [0.15, 0.2) is 0 Å². The van der Waals surface area contributed by atoms with Crippen LogP contribution in [0.25, 0.3) is 0 Å². The van der Waals surface area contributed by atoms with E-state index < -0.39 is 5.91 Å². The SMILES string of the molecule is CN/C=C(/NC(=O)C1CCCCC1)C(=N)C(=O)NC. The van der Waals surface area contributed by atoms with E-state index in [9.17, 15) is 9.59 Å². The summed E-state index contributed by atoms with van der Waals surface area (Å²) in [6, 6.07) is 0. The predicted octanol–water partition coefficient (Wildman–Crippen LogP) is 0.509. The van der Waals surface area contributed by atoms with Crippen LogP contribution >= 0.6 is 0 Å². The first-order valence-corrected chi connectivity index (χ1v) is 6.59. The average Bonchev–Trinajstić information content (AvgIpc) is 2.46. The zero-order chi connectivity index (χ0) is 14.3. The molecule has 0 saturated heterocycles. The Labute approximate surface area is 113 Å². The van der Waals surface area contributed by atoms with Gasteiger partial charge in [0.1, 0.15) is 5.71 Å². The van der Waals surface area contributed by atoms with Crippen molar-refractivity contribution in [3.8, 4) is 0 Å². The van der Waals surface area contributed by atoms with Gasteiger partial charge in [0.25, 0.3) is 5.91 Å². The third-order valence-corrected chi connectivity index (χ3v) is 3.25. The van der Waals surface area contributed by atoms with Gasteiger partial charge in [0.05, 0.1) is 5.70 Å². The number of nitrogens with one attached hydrogen (secondary N) is 4. The molecule has 0 radical (unpaired) electrons. The summed E-state index contributed by atoms with van der Waals surface area (Å²) in [5, 5.41) is 15.5. The topological polar surface area (TPSA) is 94.1 Å². The zero-order valence-corrected chi connectivity index (χ0v) is 11.5. The minimum absolute atomic E-state index is 0.00788. The molecule has 0 aliphatic heterocycles. The fraction of sp³-hybridized carbons (Fsp3) is 0.615. The van der Waals surface area contributed by atoms with Crippen molar-refractivity contribution in [1.29, 1.82) is 5.41 Å². The normalized spacial score (nSPS) is 16.6. The Morgan fingerprint density at radius 3 is 2.32 bits per heavy atom. The fourth-order valence-electron chi connectivity index (χ4n) is 2.16. The van der Waals surface area contributed by atoms with Gasteiger partial charge in [0, 0.05) is 26.2 Å². The van der Waals surface area contributed by atoms with E-state index in [1.54, 1.807) is 7.05 Å². The number of carbonyl (C=O) groups excluding carboxylic acids is 2. The largest absolute Gasteiger partial charge is 0.392 e. The monoisotopic (exact) mass is 266 g/mol. The zero-order valence-electron chi connectivity index (χ0n) is 11.5. The van der Waals surface area contributed by atoms with Crippen molar-refractivity contribution in [2.24, 2.45) is 5.92 Å². The maximum absolute atomic E-state index is 12.1. The molecule has 0 spiro atoms. The molecule has 1 aliphatic rings. The highest BCUT2D eigenvalue weighted by Crippen LogP contribution is 2.23. The summed E-state index contributed by atoms with van der Waals surface area (Å²) in [5.41, 5.74) is -0.0431. The van der Waals surface area contributed by atoms with Crippen LogP contribution in [0.5, 0.6) is 0 Å². The molecule has 106 valence electrons. The maximum Gasteiger partial charge on any atom is 0.271 e. The molecule has 0 aromatic heterocycles. The van der Waals surface area contributed by atoms with Crippen molar-refractivity contribution < 1.29 is 9.59 Å². The Morgan fingerprint density at radius 1 is 1.16 bits per heavy atom. The molecule has 2 amide bonds. The molecular weight excluding hydrogens is 244 g/mol. The highest BCUT2D eigenvalue weighted by Gasteiger charge is 2.23. The third-order valence-electron chi connectivity index (χ3n) is 3.25. The van der Waals surface area contributed by atoms with Crippen molar-refractivity contribution in [3.05, 3.63) is 11.9 Å². The molecule has 0 atom stereocenters. The number of rotatable bonds is 5. The van der Waals surface area contributed by atoms with Gasteiger partial charge < -0.3 is 16.0 Å². The van der Waals surface area contributed by atoms with E-state index in [-0.39, 0.29) is 23.2 Å². The Kier molecular flexibility index (Phi) is 6.05. The molecule has 1 aliphatic carbocycles. The predicted molar refractivity (Wildman–Crippen MR) is 73.7 cm³/mol. The van der Waals surface area contributed by atoms with E-state index in [0.29, 0.717) is 0 Å². The van der Waals surface area contributed by atoms with Gasteiger partial charge in [-0.15, -0.1) is 0 Å². The van der Waals surface area contributed by atoms with Gasteiger partial charge in [-0.1, -0.05) is 19.3 Å². The van der Waals surface area contributed by atoms with Crippen molar-refractivity contribution in [2.45, 2.75) is 32.1 Å². The molecule has 0 heterocycles. The summed E-state index contributed by atoms with van der Waals surface area (Å²) in [7, 11) is 3.11. The molecule has 6 nitrogen and oxygen atoms in total. The quantitative estimate of drug-likeness (QED) is 0.546. The molecule has 1 rings (SSSR count). The van der Waals surface area contributed by atoms with Gasteiger partial charge in [-0.25, -0.2) is 0 Å². The number of hydrogen-bond donors (Lipinski definition) is 4. The third kappa shape index (κ3) is 4.39. The van der Waals surface area contributed by atoms with Crippen LogP contribution in [0.1, 0.15) is 32.1 Å². The van der Waals surface area contributed by atoms with Crippen molar-refractivity contribution >= 4 is 17.5 Å². The van der Waals surface area contributed by atoms with Gasteiger partial charge in [-0.3, -0.25) is 15.0 Å². The van der Waals surface area contributed by atoms with E-state index in [1.165, 1.54) is 19.7 Å². The Balaban J connectivity index is 2.68. The summed E-state index contributed by atoms with van der Waals surface area (Å²) in [6.45, 7) is 0. The lowest BCUT2D eigenvalue weighted by Crippen LogP contribution is -2.39. The van der Waals surface area contributed by atoms with Crippen molar-refractivity contribution in [2.75, 3.05) is 14.1 Å². The van der Waals surface area contributed by atoms with E-state index >= 15 is 0 Å². The van der Waals surface area contributed by atoms with Crippen LogP contribution in [0.2, 0.25) is 0 Å².